The Balaban J connectivity index is 1.50. The van der Waals surface area contributed by atoms with E-state index in [1.807, 2.05) is 0 Å². The highest BCUT2D eigenvalue weighted by atomic mass is 19.1. The van der Waals surface area contributed by atoms with Gasteiger partial charge in [-0.2, -0.15) is 0 Å². The smallest absolute Gasteiger partial charge is 0.305 e. The number of carbonyl (C=O) groups excluding carboxylic acids is 2. The molecule has 0 aliphatic rings. The van der Waals surface area contributed by atoms with Crippen LogP contribution in [0.25, 0.3) is 11.1 Å². The van der Waals surface area contributed by atoms with E-state index in [0.717, 1.165) is 0 Å². The zero-order valence-electron chi connectivity index (χ0n) is 18.9. The van der Waals surface area contributed by atoms with Crippen molar-refractivity contribution in [1.82, 2.24) is 10.3 Å². The third-order valence-electron chi connectivity index (χ3n) is 4.90. The van der Waals surface area contributed by atoms with Crippen LogP contribution in [0.5, 0.6) is 5.75 Å². The molecule has 1 heterocycles. The molecule has 1 aromatic heterocycles. The van der Waals surface area contributed by atoms with Gasteiger partial charge in [-0.1, -0.05) is 18.2 Å². The second-order valence-electron chi connectivity index (χ2n) is 7.52. The highest BCUT2D eigenvalue weighted by Crippen LogP contribution is 2.26. The van der Waals surface area contributed by atoms with E-state index in [0.29, 0.717) is 41.2 Å². The Bertz CT molecular complexity index is 1120. The summed E-state index contributed by atoms with van der Waals surface area (Å²) in [4.78, 5) is 27.7. The normalized spacial score (nSPS) is 10.6. The van der Waals surface area contributed by atoms with E-state index in [1.165, 1.54) is 24.4 Å². The molecule has 3 rings (SSSR count). The molecule has 1 N–H and O–H groups in total. The van der Waals surface area contributed by atoms with Gasteiger partial charge in [0.05, 0.1) is 19.6 Å². The van der Waals surface area contributed by atoms with E-state index >= 15 is 0 Å². The minimum Gasteiger partial charge on any atom is -0.493 e. The number of hydrogen-bond donors (Lipinski definition) is 1. The van der Waals surface area contributed by atoms with Gasteiger partial charge in [-0.05, 0) is 49.2 Å². The number of hydrogen-bond acceptors (Lipinski definition) is 5. The Hall–Kier alpha value is -3.81. The molecule has 3 aromatic rings. The van der Waals surface area contributed by atoms with Crippen molar-refractivity contribution < 1.29 is 27.8 Å². The molecule has 0 fully saturated rings. The number of pyridine rings is 1. The molecule has 0 atom stereocenters. The van der Waals surface area contributed by atoms with Crippen LogP contribution in [-0.4, -0.2) is 30.1 Å². The fraction of sp³-hybridized carbons (Fsp3) is 0.269. The summed E-state index contributed by atoms with van der Waals surface area (Å²) in [7, 11) is 0. The van der Waals surface area contributed by atoms with Crippen molar-refractivity contribution in [1.29, 1.82) is 0 Å². The Labute approximate surface area is 196 Å². The number of benzene rings is 2. The first-order valence-electron chi connectivity index (χ1n) is 11.0. The molecule has 34 heavy (non-hydrogen) atoms. The number of rotatable bonds is 11. The molecule has 0 saturated carbocycles. The number of nitrogens with zero attached hydrogens (tertiary/aromatic N) is 1. The number of amides is 1. The molecule has 0 aliphatic heterocycles. The van der Waals surface area contributed by atoms with Gasteiger partial charge < -0.3 is 14.8 Å². The average Bonchev–Trinajstić information content (AvgIpc) is 2.82. The van der Waals surface area contributed by atoms with E-state index in [9.17, 15) is 18.4 Å². The molecular weight excluding hydrogens is 442 g/mol. The molecule has 6 nitrogen and oxygen atoms in total. The third kappa shape index (κ3) is 7.65. The molecule has 0 unspecified atom stereocenters. The van der Waals surface area contributed by atoms with Gasteiger partial charge in [0.1, 0.15) is 17.4 Å². The topological polar surface area (TPSA) is 77.5 Å². The minimum atomic E-state index is -0.467. The van der Waals surface area contributed by atoms with E-state index in [-0.39, 0.29) is 43.7 Å². The van der Waals surface area contributed by atoms with Crippen molar-refractivity contribution in [2.24, 2.45) is 0 Å². The summed E-state index contributed by atoms with van der Waals surface area (Å²) in [5, 5.41) is 2.72. The molecular formula is C26H26F2N2O4. The van der Waals surface area contributed by atoms with Gasteiger partial charge in [-0.15, -0.1) is 0 Å². The molecule has 0 saturated heterocycles. The number of aromatic nitrogens is 1. The van der Waals surface area contributed by atoms with Crippen LogP contribution in [0.4, 0.5) is 8.78 Å². The van der Waals surface area contributed by atoms with Gasteiger partial charge >= 0.3 is 5.97 Å². The largest absolute Gasteiger partial charge is 0.493 e. The van der Waals surface area contributed by atoms with Crippen molar-refractivity contribution >= 4 is 11.9 Å². The summed E-state index contributed by atoms with van der Waals surface area (Å²) >= 11 is 0. The summed E-state index contributed by atoms with van der Waals surface area (Å²) in [6.45, 7) is 2.58. The van der Waals surface area contributed by atoms with Crippen LogP contribution in [-0.2, 0) is 27.3 Å². The van der Waals surface area contributed by atoms with E-state index in [4.69, 9.17) is 9.47 Å². The highest BCUT2D eigenvalue weighted by Gasteiger charge is 2.10. The van der Waals surface area contributed by atoms with Crippen molar-refractivity contribution in [2.75, 3.05) is 13.2 Å². The predicted molar refractivity (Wildman–Crippen MR) is 123 cm³/mol. The lowest BCUT2D eigenvalue weighted by atomic mass is 10.1. The summed E-state index contributed by atoms with van der Waals surface area (Å²) in [5.74, 6) is -0.993. The fourth-order valence-electron chi connectivity index (χ4n) is 3.22. The van der Waals surface area contributed by atoms with Gasteiger partial charge in [0.2, 0.25) is 5.91 Å². The van der Waals surface area contributed by atoms with Crippen LogP contribution in [0.2, 0.25) is 0 Å². The lowest BCUT2D eigenvalue weighted by molar-refractivity contribution is -0.143. The molecule has 8 heteroatoms. The zero-order valence-corrected chi connectivity index (χ0v) is 18.9. The van der Waals surface area contributed by atoms with Gasteiger partial charge in [0.25, 0.3) is 0 Å². The van der Waals surface area contributed by atoms with Gasteiger partial charge in [0, 0.05) is 42.0 Å². The summed E-state index contributed by atoms with van der Waals surface area (Å²) in [6, 6.07) is 13.9. The zero-order chi connectivity index (χ0) is 24.3. The van der Waals surface area contributed by atoms with E-state index < -0.39 is 5.82 Å². The van der Waals surface area contributed by atoms with Gasteiger partial charge in [-0.25, -0.2) is 8.78 Å². The van der Waals surface area contributed by atoms with Gasteiger partial charge in [-0.3, -0.25) is 14.6 Å². The summed E-state index contributed by atoms with van der Waals surface area (Å²) in [5.41, 5.74) is 2.12. The fourth-order valence-corrected chi connectivity index (χ4v) is 3.22. The first-order chi connectivity index (χ1) is 16.4. The van der Waals surface area contributed by atoms with Crippen LogP contribution in [0.15, 0.2) is 60.8 Å². The third-order valence-corrected chi connectivity index (χ3v) is 4.90. The number of esters is 1. The molecule has 0 bridgehead atoms. The number of halogens is 2. The summed E-state index contributed by atoms with van der Waals surface area (Å²) < 4.78 is 38.2. The first kappa shape index (κ1) is 24.8. The van der Waals surface area contributed by atoms with Crippen molar-refractivity contribution in [3.05, 3.63) is 83.7 Å². The van der Waals surface area contributed by atoms with Crippen LogP contribution < -0.4 is 10.1 Å². The van der Waals surface area contributed by atoms with Gasteiger partial charge in [0.15, 0.2) is 0 Å². The maximum atomic E-state index is 14.6. The minimum absolute atomic E-state index is 0.0522. The number of ether oxygens (including phenoxy) is 2. The van der Waals surface area contributed by atoms with Crippen molar-refractivity contribution in [3.63, 3.8) is 0 Å². The monoisotopic (exact) mass is 468 g/mol. The number of carbonyl (C=O) groups is 2. The molecule has 2 aromatic carbocycles. The maximum Gasteiger partial charge on any atom is 0.305 e. The Morgan fingerprint density at radius 3 is 2.62 bits per heavy atom. The number of nitrogens with one attached hydrogen (secondary N) is 1. The van der Waals surface area contributed by atoms with Crippen LogP contribution in [0, 0.1) is 11.6 Å². The van der Waals surface area contributed by atoms with E-state index in [1.54, 1.807) is 43.3 Å². The van der Waals surface area contributed by atoms with E-state index in [2.05, 4.69) is 10.3 Å². The molecule has 0 radical (unpaired) electrons. The lowest BCUT2D eigenvalue weighted by Crippen LogP contribution is -2.24. The first-order valence-corrected chi connectivity index (χ1v) is 11.0. The van der Waals surface area contributed by atoms with Crippen LogP contribution in [0.3, 0.4) is 0 Å². The van der Waals surface area contributed by atoms with Crippen molar-refractivity contribution in [2.45, 2.75) is 32.7 Å². The Morgan fingerprint density at radius 2 is 1.91 bits per heavy atom. The van der Waals surface area contributed by atoms with Crippen molar-refractivity contribution in [3.8, 4) is 16.9 Å². The second kappa shape index (κ2) is 12.4. The Morgan fingerprint density at radius 1 is 1.06 bits per heavy atom. The second-order valence-corrected chi connectivity index (χ2v) is 7.52. The molecule has 0 aliphatic carbocycles. The van der Waals surface area contributed by atoms with Crippen LogP contribution in [0.1, 0.15) is 31.0 Å². The summed E-state index contributed by atoms with van der Waals surface area (Å²) in [6.07, 6.45) is 2.28. The quantitative estimate of drug-likeness (QED) is 0.329. The average molecular weight is 469 g/mol. The maximum absolute atomic E-state index is 14.6. The standard InChI is InChI=1S/C26H26F2N2O4/c1-2-33-26(32)7-4-12-34-22-10-11-23(24(28)15-22)19-8-9-21(29-17-19)14-25(31)30-16-18-5-3-6-20(27)13-18/h3,5-6,8-11,13,15,17H,2,4,7,12,14,16H2,1H3,(H,30,31). The highest BCUT2D eigenvalue weighted by molar-refractivity contribution is 5.78. The molecule has 1 amide bonds. The molecule has 0 spiro atoms. The van der Waals surface area contributed by atoms with Crippen LogP contribution >= 0.6 is 0 Å². The molecule has 178 valence electrons. The lowest BCUT2D eigenvalue weighted by Gasteiger charge is -2.09. The predicted octanol–water partition coefficient (Wildman–Crippen LogP) is 4.61. The SMILES string of the molecule is CCOC(=O)CCCOc1ccc(-c2ccc(CC(=O)NCc3cccc(F)c3)nc2)c(F)c1. The Kier molecular flexibility index (Phi) is 9.08.